The van der Waals surface area contributed by atoms with E-state index in [9.17, 15) is 0 Å². The van der Waals surface area contributed by atoms with Gasteiger partial charge in [-0.05, 0) is 31.5 Å². The first kappa shape index (κ1) is 17.9. The van der Waals surface area contributed by atoms with Gasteiger partial charge in [0.1, 0.15) is 0 Å². The summed E-state index contributed by atoms with van der Waals surface area (Å²) in [5.41, 5.74) is 2.66. The molecule has 1 aromatic heterocycles. The summed E-state index contributed by atoms with van der Waals surface area (Å²) in [6.45, 7) is 8.51. The van der Waals surface area contributed by atoms with Gasteiger partial charge in [0.05, 0.1) is 11.6 Å². The second-order valence-corrected chi connectivity index (χ2v) is 6.08. The number of anilines is 1. The lowest BCUT2D eigenvalue weighted by Gasteiger charge is -2.36. The first-order valence-corrected chi connectivity index (χ1v) is 7.99. The maximum atomic E-state index is 8.85. The standard InChI is InChI=1S/C18H21N5.CH4/c1-14(2)22-7-9-23(10-8-22)18-20-12-17(13-21-18)16-5-3-15(11-19)4-6-16;/h3-6,12-14H,7-10H2,1-2H3;1H4. The van der Waals surface area contributed by atoms with Gasteiger partial charge in [-0.15, -0.1) is 0 Å². The highest BCUT2D eigenvalue weighted by molar-refractivity contribution is 5.63. The Hall–Kier alpha value is -2.45. The molecule has 0 spiro atoms. The molecule has 1 aromatic carbocycles. The molecule has 0 unspecified atom stereocenters. The topological polar surface area (TPSA) is 56.0 Å². The predicted octanol–water partition coefficient (Wildman–Crippen LogP) is 3.18. The summed E-state index contributed by atoms with van der Waals surface area (Å²) in [5.74, 6) is 0.797. The van der Waals surface area contributed by atoms with Crippen molar-refractivity contribution in [3.63, 3.8) is 0 Å². The van der Waals surface area contributed by atoms with E-state index in [1.54, 1.807) is 0 Å². The van der Waals surface area contributed by atoms with Crippen LogP contribution in [0.3, 0.4) is 0 Å². The van der Waals surface area contributed by atoms with Crippen LogP contribution < -0.4 is 4.90 Å². The lowest BCUT2D eigenvalue weighted by atomic mass is 10.1. The first-order valence-electron chi connectivity index (χ1n) is 7.99. The van der Waals surface area contributed by atoms with Crippen LogP contribution in [0.5, 0.6) is 0 Å². The number of hydrogen-bond donors (Lipinski definition) is 0. The van der Waals surface area contributed by atoms with E-state index >= 15 is 0 Å². The molecule has 0 aliphatic carbocycles. The average molecular weight is 323 g/mol. The Morgan fingerprint density at radius 3 is 2.04 bits per heavy atom. The molecule has 0 amide bonds. The molecular weight excluding hydrogens is 298 g/mol. The Kier molecular flexibility index (Phi) is 5.88. The number of benzene rings is 1. The molecular formula is C19H25N5. The fraction of sp³-hybridized carbons (Fsp3) is 0.421. The van der Waals surface area contributed by atoms with E-state index in [0.29, 0.717) is 11.6 Å². The van der Waals surface area contributed by atoms with Crippen LogP contribution in [0, 0.1) is 11.3 Å². The van der Waals surface area contributed by atoms with E-state index in [1.165, 1.54) is 0 Å². The van der Waals surface area contributed by atoms with Crippen LogP contribution >= 0.6 is 0 Å². The summed E-state index contributed by atoms with van der Waals surface area (Å²) < 4.78 is 0. The van der Waals surface area contributed by atoms with Gasteiger partial charge < -0.3 is 4.90 Å². The van der Waals surface area contributed by atoms with Gasteiger partial charge >= 0.3 is 0 Å². The smallest absolute Gasteiger partial charge is 0.225 e. The number of piperazine rings is 1. The zero-order valence-corrected chi connectivity index (χ0v) is 13.6. The van der Waals surface area contributed by atoms with Crippen molar-refractivity contribution in [1.82, 2.24) is 14.9 Å². The van der Waals surface area contributed by atoms with Crippen molar-refractivity contribution in [3.8, 4) is 17.2 Å². The molecule has 5 nitrogen and oxygen atoms in total. The van der Waals surface area contributed by atoms with E-state index in [1.807, 2.05) is 36.7 Å². The highest BCUT2D eigenvalue weighted by atomic mass is 15.3. The lowest BCUT2D eigenvalue weighted by molar-refractivity contribution is 0.208. The highest BCUT2D eigenvalue weighted by Crippen LogP contribution is 2.20. The van der Waals surface area contributed by atoms with E-state index in [2.05, 4.69) is 39.7 Å². The van der Waals surface area contributed by atoms with Gasteiger partial charge in [-0.1, -0.05) is 19.6 Å². The van der Waals surface area contributed by atoms with Crippen LogP contribution in [-0.2, 0) is 0 Å². The third-order valence-corrected chi connectivity index (χ3v) is 4.31. The van der Waals surface area contributed by atoms with Gasteiger partial charge in [0.25, 0.3) is 0 Å². The average Bonchev–Trinajstić information content (AvgIpc) is 2.62. The van der Waals surface area contributed by atoms with Crippen LogP contribution in [0.2, 0.25) is 0 Å². The van der Waals surface area contributed by atoms with E-state index in [4.69, 9.17) is 5.26 Å². The van der Waals surface area contributed by atoms with Crippen molar-refractivity contribution in [2.24, 2.45) is 0 Å². The summed E-state index contributed by atoms with van der Waals surface area (Å²) in [4.78, 5) is 13.8. The number of rotatable bonds is 3. The van der Waals surface area contributed by atoms with Crippen molar-refractivity contribution in [2.75, 3.05) is 31.1 Å². The lowest BCUT2D eigenvalue weighted by Crippen LogP contribution is -2.49. The molecule has 2 heterocycles. The molecule has 1 fully saturated rings. The Bertz CT molecular complexity index is 677. The van der Waals surface area contributed by atoms with Crippen molar-refractivity contribution in [2.45, 2.75) is 27.3 Å². The minimum Gasteiger partial charge on any atom is -0.338 e. The quantitative estimate of drug-likeness (QED) is 0.868. The van der Waals surface area contributed by atoms with E-state index in [-0.39, 0.29) is 7.43 Å². The van der Waals surface area contributed by atoms with Crippen LogP contribution in [0.1, 0.15) is 26.8 Å². The minimum absolute atomic E-state index is 0. The summed E-state index contributed by atoms with van der Waals surface area (Å²) in [5, 5.41) is 8.85. The summed E-state index contributed by atoms with van der Waals surface area (Å²) in [7, 11) is 0. The van der Waals surface area contributed by atoms with Gasteiger partial charge in [-0.25, -0.2) is 9.97 Å². The molecule has 1 aliphatic rings. The fourth-order valence-electron chi connectivity index (χ4n) is 2.81. The molecule has 2 aromatic rings. The van der Waals surface area contributed by atoms with Crippen LogP contribution in [0.4, 0.5) is 5.95 Å². The molecule has 3 rings (SSSR count). The second-order valence-electron chi connectivity index (χ2n) is 6.08. The van der Waals surface area contributed by atoms with Gasteiger partial charge in [0.2, 0.25) is 5.95 Å². The Labute approximate surface area is 144 Å². The fourth-order valence-corrected chi connectivity index (χ4v) is 2.81. The number of nitrogens with zero attached hydrogens (tertiary/aromatic N) is 5. The molecule has 5 heteroatoms. The maximum absolute atomic E-state index is 8.85. The third kappa shape index (κ3) is 3.90. The Morgan fingerprint density at radius 1 is 0.958 bits per heavy atom. The monoisotopic (exact) mass is 323 g/mol. The molecule has 0 saturated carbocycles. The molecule has 1 aliphatic heterocycles. The predicted molar refractivity (Wildman–Crippen MR) is 97.8 cm³/mol. The molecule has 0 atom stereocenters. The Balaban J connectivity index is 0.00000208. The van der Waals surface area contributed by atoms with Crippen molar-refractivity contribution < 1.29 is 0 Å². The van der Waals surface area contributed by atoms with Crippen molar-refractivity contribution in [1.29, 1.82) is 5.26 Å². The second kappa shape index (κ2) is 7.89. The maximum Gasteiger partial charge on any atom is 0.225 e. The van der Waals surface area contributed by atoms with Crippen LogP contribution in [0.15, 0.2) is 36.7 Å². The highest BCUT2D eigenvalue weighted by Gasteiger charge is 2.20. The molecule has 0 radical (unpaired) electrons. The summed E-state index contributed by atoms with van der Waals surface area (Å²) in [6.07, 6.45) is 3.72. The molecule has 126 valence electrons. The molecule has 0 bridgehead atoms. The Morgan fingerprint density at radius 2 is 1.54 bits per heavy atom. The number of aromatic nitrogens is 2. The first-order chi connectivity index (χ1) is 11.2. The minimum atomic E-state index is 0. The van der Waals surface area contributed by atoms with Crippen LogP contribution in [0.25, 0.3) is 11.1 Å². The van der Waals surface area contributed by atoms with Gasteiger partial charge in [-0.2, -0.15) is 5.26 Å². The van der Waals surface area contributed by atoms with Crippen molar-refractivity contribution >= 4 is 5.95 Å². The summed E-state index contributed by atoms with van der Waals surface area (Å²) >= 11 is 0. The van der Waals surface area contributed by atoms with Crippen LogP contribution in [-0.4, -0.2) is 47.1 Å². The zero-order chi connectivity index (χ0) is 16.2. The van der Waals surface area contributed by atoms with E-state index < -0.39 is 0 Å². The largest absolute Gasteiger partial charge is 0.338 e. The zero-order valence-electron chi connectivity index (χ0n) is 13.6. The van der Waals surface area contributed by atoms with Crippen molar-refractivity contribution in [3.05, 3.63) is 42.2 Å². The number of nitriles is 1. The van der Waals surface area contributed by atoms with Gasteiger partial charge in [0.15, 0.2) is 0 Å². The van der Waals surface area contributed by atoms with Gasteiger partial charge in [-0.3, -0.25) is 4.90 Å². The summed E-state index contributed by atoms with van der Waals surface area (Å²) in [6, 6.07) is 10.2. The van der Waals surface area contributed by atoms with E-state index in [0.717, 1.165) is 43.3 Å². The van der Waals surface area contributed by atoms with Gasteiger partial charge in [0, 0.05) is 50.2 Å². The molecule has 1 saturated heterocycles. The number of hydrogen-bond acceptors (Lipinski definition) is 5. The SMILES string of the molecule is C.CC(C)N1CCN(c2ncc(-c3ccc(C#N)cc3)cn2)CC1. The third-order valence-electron chi connectivity index (χ3n) is 4.31. The normalized spacial score (nSPS) is 15.0. The molecule has 24 heavy (non-hydrogen) atoms. The molecule has 0 N–H and O–H groups in total.